The average molecular weight is 538 g/mol. The van der Waals surface area contributed by atoms with Gasteiger partial charge in [0.25, 0.3) is 5.91 Å². The van der Waals surface area contributed by atoms with Gasteiger partial charge in [-0.2, -0.15) is 0 Å². The minimum absolute atomic E-state index is 0.0550. The SMILES string of the molecule is C=C\C(=C/C=C(N)/C=C/[C@H]1C2CC[C@H](NC(=O)OCC(N)=O)C[C@H]2CC2C(=O)O[C@H](C)[C@H]21)c1cccc(F)c1. The Morgan fingerprint density at radius 1 is 1.23 bits per heavy atom. The molecule has 4 rings (SSSR count). The van der Waals surface area contributed by atoms with Crippen LogP contribution >= 0.6 is 0 Å². The van der Waals surface area contributed by atoms with Crippen LogP contribution in [0.1, 0.15) is 38.2 Å². The van der Waals surface area contributed by atoms with Gasteiger partial charge in [-0.25, -0.2) is 9.18 Å². The van der Waals surface area contributed by atoms with Crippen molar-refractivity contribution in [2.24, 2.45) is 41.1 Å². The van der Waals surface area contributed by atoms with Crippen molar-refractivity contribution in [1.82, 2.24) is 5.32 Å². The zero-order valence-electron chi connectivity index (χ0n) is 22.1. The summed E-state index contributed by atoms with van der Waals surface area (Å²) in [5.74, 6) is -0.768. The molecule has 3 aliphatic rings. The van der Waals surface area contributed by atoms with E-state index in [1.54, 1.807) is 30.4 Å². The standard InChI is InChI=1S/C30H36FN3O5/c1-3-18(19-5-4-6-21(31)13-19)7-8-22(32)9-11-25-24-12-10-23(34-30(37)38-16-27(33)35)14-20(24)15-26-28(25)17(2)39-29(26)36/h3-9,11,13,17,20,23-26,28H,1,10,12,14-16,32H2,2H3,(H2,33,35)(H,34,37)/b11-9+,18-7+,22-8-/t17-,20+,23+,24?,25+,26?,28+/m1/s1. The van der Waals surface area contributed by atoms with Crippen molar-refractivity contribution in [2.45, 2.75) is 44.8 Å². The van der Waals surface area contributed by atoms with Gasteiger partial charge in [0.1, 0.15) is 11.9 Å². The Kier molecular flexibility index (Phi) is 8.89. The van der Waals surface area contributed by atoms with Gasteiger partial charge in [-0.1, -0.05) is 36.9 Å². The van der Waals surface area contributed by atoms with Crippen LogP contribution in [-0.4, -0.2) is 36.7 Å². The maximum Gasteiger partial charge on any atom is 0.407 e. The number of ether oxygens (including phenoxy) is 2. The summed E-state index contributed by atoms with van der Waals surface area (Å²) in [4.78, 5) is 35.6. The van der Waals surface area contributed by atoms with Crippen LogP contribution in [-0.2, 0) is 19.1 Å². The van der Waals surface area contributed by atoms with E-state index in [-0.39, 0.29) is 47.6 Å². The molecule has 0 spiro atoms. The van der Waals surface area contributed by atoms with E-state index in [0.717, 1.165) is 18.4 Å². The van der Waals surface area contributed by atoms with E-state index in [1.165, 1.54) is 12.1 Å². The predicted molar refractivity (Wildman–Crippen MR) is 145 cm³/mol. The number of nitrogens with one attached hydrogen (secondary N) is 1. The molecule has 3 fully saturated rings. The van der Waals surface area contributed by atoms with E-state index in [0.29, 0.717) is 30.0 Å². The van der Waals surface area contributed by atoms with Gasteiger partial charge >= 0.3 is 12.1 Å². The third kappa shape index (κ3) is 6.77. The topological polar surface area (TPSA) is 134 Å². The van der Waals surface area contributed by atoms with Crippen LogP contribution in [0.5, 0.6) is 0 Å². The predicted octanol–water partition coefficient (Wildman–Crippen LogP) is 3.99. The summed E-state index contributed by atoms with van der Waals surface area (Å²) in [6.07, 6.45) is 11.3. The number of hydrogen-bond donors (Lipinski definition) is 3. The number of alkyl carbamates (subject to hydrolysis) is 1. The molecular weight excluding hydrogens is 501 g/mol. The number of cyclic esters (lactones) is 1. The Morgan fingerprint density at radius 2 is 2.03 bits per heavy atom. The highest BCUT2D eigenvalue weighted by Gasteiger charge is 2.54. The number of carbonyl (C=O) groups excluding carboxylic acids is 3. The number of allylic oxidation sites excluding steroid dienone is 6. The lowest BCUT2D eigenvalue weighted by Crippen LogP contribution is -2.48. The van der Waals surface area contributed by atoms with Crippen LogP contribution in [0.4, 0.5) is 9.18 Å². The van der Waals surface area contributed by atoms with Crippen LogP contribution < -0.4 is 16.8 Å². The number of amides is 2. The summed E-state index contributed by atoms with van der Waals surface area (Å²) in [5.41, 5.74) is 13.3. The zero-order valence-corrected chi connectivity index (χ0v) is 22.1. The van der Waals surface area contributed by atoms with Gasteiger partial charge in [0.05, 0.1) is 5.92 Å². The summed E-state index contributed by atoms with van der Waals surface area (Å²) < 4.78 is 24.1. The Labute approximate surface area is 228 Å². The number of hydrogen-bond acceptors (Lipinski definition) is 6. The normalized spacial score (nSPS) is 30.7. The number of carbonyl (C=O) groups is 3. The molecule has 2 saturated carbocycles. The third-order valence-electron chi connectivity index (χ3n) is 8.16. The molecule has 1 heterocycles. The van der Waals surface area contributed by atoms with Crippen LogP contribution in [0.15, 0.2) is 66.9 Å². The number of halogens is 1. The highest BCUT2D eigenvalue weighted by molar-refractivity contribution is 5.78. The second-order valence-electron chi connectivity index (χ2n) is 10.6. The van der Waals surface area contributed by atoms with E-state index in [9.17, 15) is 18.8 Å². The van der Waals surface area contributed by atoms with E-state index < -0.39 is 18.6 Å². The van der Waals surface area contributed by atoms with Crippen molar-refractivity contribution in [3.63, 3.8) is 0 Å². The molecule has 5 N–H and O–H groups in total. The molecule has 1 aromatic rings. The molecule has 1 aliphatic heterocycles. The molecule has 2 unspecified atom stereocenters. The van der Waals surface area contributed by atoms with Crippen molar-refractivity contribution < 1.29 is 28.2 Å². The number of primary amides is 1. The van der Waals surface area contributed by atoms with Gasteiger partial charge in [0.2, 0.25) is 0 Å². The Hall–Kier alpha value is -3.88. The Balaban J connectivity index is 1.49. The molecule has 0 radical (unpaired) electrons. The zero-order chi connectivity index (χ0) is 28.1. The fourth-order valence-electron chi connectivity index (χ4n) is 6.51. The molecule has 2 amide bonds. The van der Waals surface area contributed by atoms with E-state index in [4.69, 9.17) is 20.9 Å². The first-order valence-corrected chi connectivity index (χ1v) is 13.3. The van der Waals surface area contributed by atoms with Gasteiger partial charge in [-0.05, 0) is 85.8 Å². The maximum atomic E-state index is 13.7. The monoisotopic (exact) mass is 537 g/mol. The van der Waals surface area contributed by atoms with Crippen molar-refractivity contribution in [3.05, 3.63) is 78.3 Å². The van der Waals surface area contributed by atoms with E-state index in [2.05, 4.69) is 18.0 Å². The van der Waals surface area contributed by atoms with Gasteiger partial charge < -0.3 is 26.3 Å². The fraction of sp³-hybridized carbons (Fsp3) is 0.433. The number of esters is 1. The minimum Gasteiger partial charge on any atom is -0.462 e. The average Bonchev–Trinajstić information content (AvgIpc) is 3.18. The molecular formula is C30H36FN3O5. The molecule has 0 aromatic heterocycles. The van der Waals surface area contributed by atoms with E-state index in [1.807, 2.05) is 13.0 Å². The minimum atomic E-state index is -0.714. The highest BCUT2D eigenvalue weighted by Crippen LogP contribution is 2.53. The molecule has 2 aliphatic carbocycles. The number of fused-ring (bicyclic) bond motifs is 2. The van der Waals surface area contributed by atoms with Crippen molar-refractivity contribution >= 4 is 23.5 Å². The molecule has 39 heavy (non-hydrogen) atoms. The summed E-state index contributed by atoms with van der Waals surface area (Å²) in [7, 11) is 0. The van der Waals surface area contributed by atoms with Crippen LogP contribution in [0, 0.1) is 35.4 Å². The lowest BCUT2D eigenvalue weighted by molar-refractivity contribution is -0.144. The van der Waals surface area contributed by atoms with Crippen LogP contribution in [0.3, 0.4) is 0 Å². The van der Waals surface area contributed by atoms with Crippen molar-refractivity contribution in [3.8, 4) is 0 Å². The quantitative estimate of drug-likeness (QED) is 0.339. The summed E-state index contributed by atoms with van der Waals surface area (Å²) in [6.45, 7) is 5.30. The fourth-order valence-corrected chi connectivity index (χ4v) is 6.51. The first kappa shape index (κ1) is 28.1. The maximum absolute atomic E-state index is 13.7. The number of rotatable bonds is 8. The molecule has 0 bridgehead atoms. The van der Waals surface area contributed by atoms with Gasteiger partial charge in [0, 0.05) is 17.7 Å². The molecule has 7 atom stereocenters. The molecule has 8 nitrogen and oxygen atoms in total. The summed E-state index contributed by atoms with van der Waals surface area (Å²) in [5, 5.41) is 2.83. The van der Waals surface area contributed by atoms with Gasteiger partial charge in [0.15, 0.2) is 6.61 Å². The largest absolute Gasteiger partial charge is 0.462 e. The lowest BCUT2D eigenvalue weighted by Gasteiger charge is -2.47. The lowest BCUT2D eigenvalue weighted by atomic mass is 9.57. The summed E-state index contributed by atoms with van der Waals surface area (Å²) >= 11 is 0. The number of benzene rings is 1. The first-order valence-electron chi connectivity index (χ1n) is 13.3. The Morgan fingerprint density at radius 3 is 2.74 bits per heavy atom. The summed E-state index contributed by atoms with van der Waals surface area (Å²) in [6, 6.07) is 6.17. The van der Waals surface area contributed by atoms with Crippen LogP contribution in [0.25, 0.3) is 5.57 Å². The second kappa shape index (κ2) is 12.3. The smallest absolute Gasteiger partial charge is 0.407 e. The first-order chi connectivity index (χ1) is 18.7. The van der Waals surface area contributed by atoms with Crippen molar-refractivity contribution in [1.29, 1.82) is 0 Å². The van der Waals surface area contributed by atoms with Crippen LogP contribution in [0.2, 0.25) is 0 Å². The molecule has 1 aromatic carbocycles. The van der Waals surface area contributed by atoms with E-state index >= 15 is 0 Å². The van der Waals surface area contributed by atoms with Gasteiger partial charge in [-0.3, -0.25) is 9.59 Å². The van der Waals surface area contributed by atoms with Gasteiger partial charge in [-0.15, -0.1) is 0 Å². The molecule has 208 valence electrons. The second-order valence-corrected chi connectivity index (χ2v) is 10.6. The molecule has 9 heteroatoms. The highest BCUT2D eigenvalue weighted by atomic mass is 19.1. The van der Waals surface area contributed by atoms with Crippen molar-refractivity contribution in [2.75, 3.05) is 6.61 Å². The third-order valence-corrected chi connectivity index (χ3v) is 8.16. The number of nitrogens with two attached hydrogens (primary N) is 2. The molecule has 1 saturated heterocycles. The Bertz CT molecular complexity index is 1210.